The molecule has 3 saturated carbocycles. The first kappa shape index (κ1) is 22.6. The minimum absolute atomic E-state index is 0.0160. The maximum Gasteiger partial charge on any atom is 0.178 e. The quantitative estimate of drug-likeness (QED) is 0.487. The van der Waals surface area contributed by atoms with E-state index in [1.807, 2.05) is 18.2 Å². The van der Waals surface area contributed by atoms with Crippen LogP contribution in [0.4, 0.5) is 0 Å². The maximum atomic E-state index is 13.7. The molecule has 1 aromatic carbocycles. The molecule has 0 amide bonds. The molecule has 0 saturated heterocycles. The Labute approximate surface area is 202 Å². The number of halogens is 2. The Balaban J connectivity index is 1.46. The molecule has 6 heteroatoms. The Bertz CT molecular complexity index is 1080. The number of fused-ring (bicyclic) bond motifs is 5. The largest absolute Gasteiger partial charge is 0.299 e. The van der Waals surface area contributed by atoms with Crippen molar-refractivity contribution in [2.24, 2.45) is 28.6 Å². The summed E-state index contributed by atoms with van der Waals surface area (Å²) in [4.78, 5) is 25.7. The van der Waals surface area contributed by atoms with Crippen molar-refractivity contribution in [3.8, 4) is 0 Å². The zero-order valence-electron chi connectivity index (χ0n) is 18.4. The van der Waals surface area contributed by atoms with Crippen LogP contribution in [0.3, 0.4) is 0 Å². The SMILES string of the molecule is C[C@]12C=CC(=O)C=C1CC[C@@H]1[C@@H]2C(=O)C[C@@]2(C)[C@H]1CC[C@]2(Cl)S(=O)Cc1ccc(Cl)cc1. The van der Waals surface area contributed by atoms with E-state index < -0.39 is 25.8 Å². The third-order valence-corrected chi connectivity index (χ3v) is 12.2. The first-order valence-corrected chi connectivity index (χ1v) is 13.4. The van der Waals surface area contributed by atoms with Crippen LogP contribution < -0.4 is 0 Å². The number of rotatable bonds is 3. The normalized spacial score (nSPS) is 41.5. The van der Waals surface area contributed by atoms with Crippen molar-refractivity contribution >= 4 is 45.6 Å². The summed E-state index contributed by atoms with van der Waals surface area (Å²) in [6.07, 6.45) is 8.92. The van der Waals surface area contributed by atoms with E-state index in [1.165, 1.54) is 0 Å². The van der Waals surface area contributed by atoms with Crippen LogP contribution in [-0.2, 0) is 26.1 Å². The van der Waals surface area contributed by atoms with Crippen molar-refractivity contribution in [3.05, 3.63) is 58.7 Å². The first-order valence-electron chi connectivity index (χ1n) is 11.4. The highest BCUT2D eigenvalue weighted by atomic mass is 35.5. The maximum absolute atomic E-state index is 13.7. The Morgan fingerprint density at radius 1 is 1.12 bits per heavy atom. The average Bonchev–Trinajstić information content (AvgIpc) is 3.01. The summed E-state index contributed by atoms with van der Waals surface area (Å²) in [5.41, 5.74) is 1.13. The van der Waals surface area contributed by atoms with E-state index in [2.05, 4.69) is 13.8 Å². The van der Waals surface area contributed by atoms with Gasteiger partial charge in [-0.15, -0.1) is 11.6 Å². The Kier molecular flexibility index (Phi) is 5.39. The molecular weight excluding hydrogens is 463 g/mol. The summed E-state index contributed by atoms with van der Waals surface area (Å²) in [7, 11) is -1.33. The lowest BCUT2D eigenvalue weighted by Gasteiger charge is -2.56. The fourth-order valence-electron chi connectivity index (χ4n) is 7.19. The second-order valence-corrected chi connectivity index (χ2v) is 13.4. The molecular formula is C26H28Cl2O3S. The van der Waals surface area contributed by atoms with E-state index in [-0.39, 0.29) is 29.3 Å². The molecule has 0 spiro atoms. The molecule has 0 aromatic heterocycles. The summed E-state index contributed by atoms with van der Waals surface area (Å²) < 4.78 is 12.7. The molecule has 0 bridgehead atoms. The van der Waals surface area contributed by atoms with Gasteiger partial charge < -0.3 is 0 Å². The number of alkyl halides is 1. The van der Waals surface area contributed by atoms with Crippen LogP contribution in [0.2, 0.25) is 5.02 Å². The van der Waals surface area contributed by atoms with Gasteiger partial charge in [0.15, 0.2) is 5.78 Å². The van der Waals surface area contributed by atoms with Gasteiger partial charge in [-0.1, -0.05) is 49.2 Å². The average molecular weight is 491 g/mol. The van der Waals surface area contributed by atoms with Gasteiger partial charge >= 0.3 is 0 Å². The highest BCUT2D eigenvalue weighted by Gasteiger charge is 2.67. The van der Waals surface area contributed by atoms with Crippen LogP contribution >= 0.6 is 23.2 Å². The number of benzene rings is 1. The predicted octanol–water partition coefficient (Wildman–Crippen LogP) is 6.01. The summed E-state index contributed by atoms with van der Waals surface area (Å²) >= 11 is 13.3. The van der Waals surface area contributed by atoms with E-state index in [0.29, 0.717) is 23.6 Å². The smallest absolute Gasteiger partial charge is 0.178 e. The number of ketones is 2. The molecule has 0 N–H and O–H groups in total. The summed E-state index contributed by atoms with van der Waals surface area (Å²) in [5, 5.41) is 0.648. The Hall–Kier alpha value is -1.23. The Morgan fingerprint density at radius 2 is 1.84 bits per heavy atom. The minimum Gasteiger partial charge on any atom is -0.299 e. The van der Waals surface area contributed by atoms with Crippen molar-refractivity contribution in [2.75, 3.05) is 0 Å². The third kappa shape index (κ3) is 3.16. The fraction of sp³-hybridized carbons (Fsp3) is 0.538. The van der Waals surface area contributed by atoms with Gasteiger partial charge in [0.2, 0.25) is 0 Å². The van der Waals surface area contributed by atoms with Crippen LogP contribution in [0.15, 0.2) is 48.1 Å². The number of allylic oxidation sites excluding steroid dienone is 4. The zero-order valence-corrected chi connectivity index (χ0v) is 20.7. The highest BCUT2D eigenvalue weighted by molar-refractivity contribution is 7.87. The van der Waals surface area contributed by atoms with Crippen molar-refractivity contribution in [2.45, 2.75) is 55.9 Å². The number of hydrogen-bond donors (Lipinski definition) is 0. The standard InChI is InChI=1S/C26H28Cl2O3S/c1-24-11-9-19(29)13-17(24)5-8-20-21-10-12-26(28,25(21,2)14-22(30)23(20)24)32(31)15-16-3-6-18(27)7-4-16/h3-4,6-7,9,11,13,20-21,23H,5,8,10,12,14-15H2,1-2H3/t20-,21-,23+,24-,25-,26-,32?/m0/s1. The van der Waals surface area contributed by atoms with Gasteiger partial charge in [0.05, 0.1) is 5.75 Å². The Morgan fingerprint density at radius 3 is 2.56 bits per heavy atom. The number of hydrogen-bond acceptors (Lipinski definition) is 3. The minimum atomic E-state index is -1.33. The van der Waals surface area contributed by atoms with Crippen molar-refractivity contribution in [1.82, 2.24) is 0 Å². The lowest BCUT2D eigenvalue weighted by Crippen LogP contribution is -2.57. The van der Waals surface area contributed by atoms with E-state index in [9.17, 15) is 13.8 Å². The molecule has 1 unspecified atom stereocenters. The lowest BCUT2D eigenvalue weighted by atomic mass is 9.48. The number of carbonyl (C=O) groups excluding carboxylic acids is 2. The van der Waals surface area contributed by atoms with Gasteiger partial charge in [0.1, 0.15) is 9.99 Å². The van der Waals surface area contributed by atoms with Gasteiger partial charge in [0, 0.05) is 39.0 Å². The van der Waals surface area contributed by atoms with Gasteiger partial charge in [-0.05, 0) is 67.4 Å². The molecule has 32 heavy (non-hydrogen) atoms. The van der Waals surface area contributed by atoms with Crippen LogP contribution in [-0.4, -0.2) is 20.0 Å². The molecule has 3 nitrogen and oxygen atoms in total. The first-order chi connectivity index (χ1) is 15.1. The van der Waals surface area contributed by atoms with Gasteiger partial charge in [0.25, 0.3) is 0 Å². The second kappa shape index (κ2) is 7.65. The predicted molar refractivity (Wildman–Crippen MR) is 129 cm³/mol. The van der Waals surface area contributed by atoms with E-state index >= 15 is 0 Å². The molecule has 0 radical (unpaired) electrons. The van der Waals surface area contributed by atoms with E-state index in [1.54, 1.807) is 24.3 Å². The van der Waals surface area contributed by atoms with Crippen molar-refractivity contribution in [1.29, 1.82) is 0 Å². The van der Waals surface area contributed by atoms with E-state index in [4.69, 9.17) is 23.2 Å². The van der Waals surface area contributed by atoms with Gasteiger partial charge in [-0.2, -0.15) is 0 Å². The van der Waals surface area contributed by atoms with Crippen molar-refractivity contribution < 1.29 is 13.8 Å². The van der Waals surface area contributed by atoms with E-state index in [0.717, 1.165) is 30.4 Å². The van der Waals surface area contributed by atoms with Crippen LogP contribution in [0.5, 0.6) is 0 Å². The molecule has 0 aliphatic heterocycles. The van der Waals surface area contributed by atoms with Gasteiger partial charge in [-0.3, -0.25) is 13.8 Å². The number of carbonyl (C=O) groups is 2. The van der Waals surface area contributed by atoms with Crippen molar-refractivity contribution in [3.63, 3.8) is 0 Å². The number of Topliss-reactive ketones (excluding diaryl/α,β-unsaturated/α-hetero) is 1. The fourth-order valence-corrected chi connectivity index (χ4v) is 9.61. The monoisotopic (exact) mass is 490 g/mol. The third-order valence-electron chi connectivity index (χ3n) is 8.85. The molecule has 0 heterocycles. The molecule has 170 valence electrons. The van der Waals surface area contributed by atoms with Gasteiger partial charge in [-0.25, -0.2) is 0 Å². The zero-order chi connectivity index (χ0) is 22.9. The molecule has 5 rings (SSSR count). The highest BCUT2D eigenvalue weighted by Crippen LogP contribution is 2.68. The molecule has 1 aromatic rings. The second-order valence-electron chi connectivity index (χ2n) is 10.4. The molecule has 7 atom stereocenters. The van der Waals surface area contributed by atoms with Crippen LogP contribution in [0.1, 0.15) is 51.5 Å². The van der Waals surface area contributed by atoms with Crippen LogP contribution in [0.25, 0.3) is 0 Å². The lowest BCUT2D eigenvalue weighted by molar-refractivity contribution is -0.141. The summed E-state index contributed by atoms with van der Waals surface area (Å²) in [5.74, 6) is 0.906. The summed E-state index contributed by atoms with van der Waals surface area (Å²) in [6, 6.07) is 7.39. The van der Waals surface area contributed by atoms with Crippen LogP contribution in [0, 0.1) is 28.6 Å². The molecule has 4 aliphatic carbocycles. The molecule has 4 aliphatic rings. The molecule has 3 fully saturated rings. The topological polar surface area (TPSA) is 51.2 Å². The summed E-state index contributed by atoms with van der Waals surface area (Å²) in [6.45, 7) is 4.21.